The van der Waals surface area contributed by atoms with Crippen LogP contribution >= 0.6 is 12.4 Å². The first-order valence-corrected chi connectivity index (χ1v) is 5.14. The lowest BCUT2D eigenvalue weighted by Gasteiger charge is -2.37. The highest BCUT2D eigenvalue weighted by Crippen LogP contribution is 2.33. The lowest BCUT2D eigenvalue weighted by molar-refractivity contribution is 0.0373. The molecule has 2 fully saturated rings. The predicted octanol–water partition coefficient (Wildman–Crippen LogP) is 1.98. The molecule has 0 spiro atoms. The van der Waals surface area contributed by atoms with Gasteiger partial charge in [0.2, 0.25) is 0 Å². The van der Waals surface area contributed by atoms with Crippen LogP contribution in [0.5, 0.6) is 0 Å². The summed E-state index contributed by atoms with van der Waals surface area (Å²) in [6.45, 7) is 5.55. The Labute approximate surface area is 86.8 Å². The lowest BCUT2D eigenvalue weighted by atomic mass is 9.79. The molecule has 2 nitrogen and oxygen atoms in total. The Morgan fingerprint density at radius 3 is 2.54 bits per heavy atom. The Bertz CT molecular complexity index is 151. The third-order valence-electron chi connectivity index (χ3n) is 3.52. The minimum Gasteiger partial charge on any atom is -0.381 e. The largest absolute Gasteiger partial charge is 0.381 e. The number of ether oxygens (including phenoxy) is 1. The molecule has 2 saturated heterocycles. The molecule has 0 amide bonds. The molecule has 2 aliphatic rings. The van der Waals surface area contributed by atoms with E-state index in [1.165, 1.54) is 32.2 Å². The van der Waals surface area contributed by atoms with Crippen molar-refractivity contribution < 1.29 is 4.74 Å². The van der Waals surface area contributed by atoms with Gasteiger partial charge in [-0.15, -0.1) is 12.4 Å². The van der Waals surface area contributed by atoms with Crippen LogP contribution < -0.4 is 5.32 Å². The number of halogens is 1. The van der Waals surface area contributed by atoms with E-state index in [4.69, 9.17) is 4.74 Å². The van der Waals surface area contributed by atoms with Gasteiger partial charge in [0.05, 0.1) is 0 Å². The zero-order valence-electron chi connectivity index (χ0n) is 8.34. The molecular formula is C10H20ClNO. The Morgan fingerprint density at radius 2 is 2.00 bits per heavy atom. The van der Waals surface area contributed by atoms with Crippen LogP contribution in [0.2, 0.25) is 0 Å². The minimum atomic E-state index is 0. The summed E-state index contributed by atoms with van der Waals surface area (Å²) in [6.07, 6.45) is 5.22. The highest BCUT2D eigenvalue weighted by molar-refractivity contribution is 5.85. The fraction of sp³-hybridized carbons (Fsp3) is 1.00. The van der Waals surface area contributed by atoms with Gasteiger partial charge in [0.15, 0.2) is 0 Å². The maximum absolute atomic E-state index is 5.38. The lowest BCUT2D eigenvalue weighted by Crippen LogP contribution is -2.46. The normalized spacial score (nSPS) is 35.8. The first kappa shape index (κ1) is 11.3. The van der Waals surface area contributed by atoms with Crippen molar-refractivity contribution in [3.05, 3.63) is 0 Å². The smallest absolute Gasteiger partial charge is 0.0469 e. The van der Waals surface area contributed by atoms with E-state index in [9.17, 15) is 0 Å². The topological polar surface area (TPSA) is 21.3 Å². The zero-order chi connectivity index (χ0) is 8.44. The van der Waals surface area contributed by atoms with Crippen molar-refractivity contribution in [2.75, 3.05) is 19.8 Å². The van der Waals surface area contributed by atoms with E-state index in [0.717, 1.165) is 19.1 Å². The fourth-order valence-electron chi connectivity index (χ4n) is 2.60. The van der Waals surface area contributed by atoms with E-state index in [0.29, 0.717) is 5.54 Å². The molecule has 0 aliphatic carbocycles. The van der Waals surface area contributed by atoms with E-state index >= 15 is 0 Å². The summed E-state index contributed by atoms with van der Waals surface area (Å²) in [6, 6.07) is 0. The number of hydrogen-bond donors (Lipinski definition) is 1. The Morgan fingerprint density at radius 1 is 1.31 bits per heavy atom. The van der Waals surface area contributed by atoms with Crippen molar-refractivity contribution in [1.82, 2.24) is 5.32 Å². The predicted molar refractivity (Wildman–Crippen MR) is 56.4 cm³/mol. The summed E-state index contributed by atoms with van der Waals surface area (Å²) in [4.78, 5) is 0. The monoisotopic (exact) mass is 205 g/mol. The van der Waals surface area contributed by atoms with Gasteiger partial charge in [0.1, 0.15) is 0 Å². The Kier molecular flexibility index (Phi) is 4.02. The van der Waals surface area contributed by atoms with Crippen LogP contribution in [-0.2, 0) is 4.74 Å². The highest BCUT2D eigenvalue weighted by atomic mass is 35.5. The van der Waals surface area contributed by atoms with Gasteiger partial charge in [0, 0.05) is 18.8 Å². The average Bonchev–Trinajstić information content (AvgIpc) is 2.55. The summed E-state index contributed by atoms with van der Waals surface area (Å²) in [5, 5.41) is 3.65. The van der Waals surface area contributed by atoms with Crippen LogP contribution in [0.1, 0.15) is 32.6 Å². The molecule has 0 aromatic rings. The van der Waals surface area contributed by atoms with Crippen molar-refractivity contribution in [1.29, 1.82) is 0 Å². The van der Waals surface area contributed by atoms with Gasteiger partial charge >= 0.3 is 0 Å². The van der Waals surface area contributed by atoms with E-state index in [2.05, 4.69) is 12.2 Å². The molecule has 13 heavy (non-hydrogen) atoms. The molecule has 2 rings (SSSR count). The molecule has 78 valence electrons. The molecule has 0 aromatic heterocycles. The van der Waals surface area contributed by atoms with Crippen LogP contribution in [-0.4, -0.2) is 25.3 Å². The summed E-state index contributed by atoms with van der Waals surface area (Å²) in [7, 11) is 0. The SMILES string of the molecule is CC1(C2CCOCC2)CCCN1.Cl. The van der Waals surface area contributed by atoms with Gasteiger partial charge in [-0.3, -0.25) is 0 Å². The number of hydrogen-bond acceptors (Lipinski definition) is 2. The van der Waals surface area contributed by atoms with E-state index in [-0.39, 0.29) is 12.4 Å². The molecule has 0 saturated carbocycles. The van der Waals surface area contributed by atoms with Crippen LogP contribution in [0.25, 0.3) is 0 Å². The van der Waals surface area contributed by atoms with Gasteiger partial charge in [-0.05, 0) is 45.1 Å². The average molecular weight is 206 g/mol. The molecule has 1 unspecified atom stereocenters. The second kappa shape index (κ2) is 4.63. The minimum absolute atomic E-state index is 0. The first-order valence-electron chi connectivity index (χ1n) is 5.14. The molecule has 0 bridgehead atoms. The van der Waals surface area contributed by atoms with Gasteiger partial charge in [-0.2, -0.15) is 0 Å². The fourth-order valence-corrected chi connectivity index (χ4v) is 2.60. The van der Waals surface area contributed by atoms with E-state index in [1.807, 2.05) is 0 Å². The van der Waals surface area contributed by atoms with Crippen molar-refractivity contribution in [2.45, 2.75) is 38.1 Å². The molecule has 1 atom stereocenters. The molecule has 0 radical (unpaired) electrons. The summed E-state index contributed by atoms with van der Waals surface area (Å²) in [5.41, 5.74) is 0.434. The van der Waals surface area contributed by atoms with Gasteiger partial charge < -0.3 is 10.1 Å². The molecule has 2 aliphatic heterocycles. The van der Waals surface area contributed by atoms with Crippen LogP contribution in [0.15, 0.2) is 0 Å². The van der Waals surface area contributed by atoms with Crippen molar-refractivity contribution >= 4 is 12.4 Å². The van der Waals surface area contributed by atoms with Crippen molar-refractivity contribution in [3.8, 4) is 0 Å². The van der Waals surface area contributed by atoms with E-state index in [1.54, 1.807) is 0 Å². The van der Waals surface area contributed by atoms with Crippen LogP contribution in [0.3, 0.4) is 0 Å². The maximum atomic E-state index is 5.38. The highest BCUT2D eigenvalue weighted by Gasteiger charge is 2.36. The van der Waals surface area contributed by atoms with Gasteiger partial charge in [-0.25, -0.2) is 0 Å². The second-order valence-electron chi connectivity index (χ2n) is 4.33. The van der Waals surface area contributed by atoms with Gasteiger partial charge in [0.25, 0.3) is 0 Å². The van der Waals surface area contributed by atoms with E-state index < -0.39 is 0 Å². The van der Waals surface area contributed by atoms with Crippen molar-refractivity contribution in [2.24, 2.45) is 5.92 Å². The molecular weight excluding hydrogens is 186 g/mol. The third kappa shape index (κ3) is 2.36. The maximum Gasteiger partial charge on any atom is 0.0469 e. The van der Waals surface area contributed by atoms with Crippen LogP contribution in [0, 0.1) is 5.92 Å². The quantitative estimate of drug-likeness (QED) is 0.707. The van der Waals surface area contributed by atoms with Crippen molar-refractivity contribution in [3.63, 3.8) is 0 Å². The standard InChI is InChI=1S/C10H19NO.ClH/c1-10(5-2-6-11-10)9-3-7-12-8-4-9;/h9,11H,2-8H2,1H3;1H. The number of rotatable bonds is 1. The molecule has 3 heteroatoms. The summed E-state index contributed by atoms with van der Waals surface area (Å²) >= 11 is 0. The first-order chi connectivity index (χ1) is 5.81. The Hall–Kier alpha value is 0.210. The summed E-state index contributed by atoms with van der Waals surface area (Å²) in [5.74, 6) is 0.855. The molecule has 0 aromatic carbocycles. The third-order valence-corrected chi connectivity index (χ3v) is 3.52. The van der Waals surface area contributed by atoms with Crippen LogP contribution in [0.4, 0.5) is 0 Å². The summed E-state index contributed by atoms with van der Waals surface area (Å²) < 4.78 is 5.38. The Balaban J connectivity index is 0.000000845. The number of nitrogens with one attached hydrogen (secondary N) is 1. The zero-order valence-corrected chi connectivity index (χ0v) is 9.16. The van der Waals surface area contributed by atoms with Gasteiger partial charge in [-0.1, -0.05) is 0 Å². The molecule has 2 heterocycles. The second-order valence-corrected chi connectivity index (χ2v) is 4.33. The molecule has 1 N–H and O–H groups in total.